The Bertz CT molecular complexity index is 352. The third-order valence-corrected chi connectivity index (χ3v) is 2.38. The Hall–Kier alpha value is -1.39. The predicted octanol–water partition coefficient (Wildman–Crippen LogP) is 1.79. The van der Waals surface area contributed by atoms with Gasteiger partial charge < -0.3 is 15.2 Å². The van der Waals surface area contributed by atoms with Crippen LogP contribution in [0, 0.1) is 0 Å². The van der Waals surface area contributed by atoms with Crippen LogP contribution in [-0.2, 0) is 22.7 Å². The van der Waals surface area contributed by atoms with Crippen molar-refractivity contribution in [2.45, 2.75) is 26.0 Å². The molecule has 0 amide bonds. The number of ether oxygens (including phenoxy) is 1. The summed E-state index contributed by atoms with van der Waals surface area (Å²) in [5, 5.41) is 11.7. The van der Waals surface area contributed by atoms with Crippen LogP contribution >= 0.6 is 0 Å². The molecule has 0 aromatic heterocycles. The first-order valence-electron chi connectivity index (χ1n) is 5.71. The lowest BCUT2D eigenvalue weighted by atomic mass is 10.1. The van der Waals surface area contributed by atoms with Crippen LogP contribution in [-0.4, -0.2) is 24.7 Å². The maximum absolute atomic E-state index is 10.3. The number of nitrogens with one attached hydrogen (secondary N) is 1. The molecule has 1 aromatic carbocycles. The van der Waals surface area contributed by atoms with E-state index in [-0.39, 0.29) is 6.42 Å². The average Bonchev–Trinajstić information content (AvgIpc) is 2.29. The summed E-state index contributed by atoms with van der Waals surface area (Å²) < 4.78 is 5.07. The molecule has 0 aliphatic rings. The molecule has 0 heterocycles. The second-order valence-corrected chi connectivity index (χ2v) is 3.93. The monoisotopic (exact) mass is 237 g/mol. The summed E-state index contributed by atoms with van der Waals surface area (Å²) in [5.41, 5.74) is 2.34. The lowest BCUT2D eigenvalue weighted by molar-refractivity contribution is -0.137. The molecule has 0 bridgehead atoms. The highest BCUT2D eigenvalue weighted by Gasteiger charge is 1.98. The Morgan fingerprint density at radius 3 is 2.88 bits per heavy atom. The van der Waals surface area contributed by atoms with Gasteiger partial charge in [-0.15, -0.1) is 0 Å². The van der Waals surface area contributed by atoms with Crippen LogP contribution in [0.15, 0.2) is 24.3 Å². The average molecular weight is 237 g/mol. The fourth-order valence-electron chi connectivity index (χ4n) is 1.59. The van der Waals surface area contributed by atoms with Gasteiger partial charge in [-0.05, 0) is 24.1 Å². The minimum absolute atomic E-state index is 0.219. The molecular formula is C13H19NO3. The molecule has 4 heteroatoms. The molecule has 0 saturated carbocycles. The van der Waals surface area contributed by atoms with Crippen molar-refractivity contribution >= 4 is 5.97 Å². The molecule has 2 N–H and O–H groups in total. The van der Waals surface area contributed by atoms with Crippen molar-refractivity contribution in [3.05, 3.63) is 35.4 Å². The molecular weight excluding hydrogens is 218 g/mol. The van der Waals surface area contributed by atoms with Crippen molar-refractivity contribution in [2.75, 3.05) is 13.7 Å². The molecule has 17 heavy (non-hydrogen) atoms. The minimum atomic E-state index is -0.742. The van der Waals surface area contributed by atoms with Gasteiger partial charge in [0.2, 0.25) is 0 Å². The molecule has 0 aliphatic carbocycles. The Morgan fingerprint density at radius 1 is 1.41 bits per heavy atom. The van der Waals surface area contributed by atoms with E-state index in [1.807, 2.05) is 18.2 Å². The molecule has 1 rings (SSSR count). The number of carboxylic acids is 1. The van der Waals surface area contributed by atoms with Crippen molar-refractivity contribution in [2.24, 2.45) is 0 Å². The van der Waals surface area contributed by atoms with Gasteiger partial charge in [0.25, 0.3) is 0 Å². The van der Waals surface area contributed by atoms with E-state index in [0.29, 0.717) is 13.0 Å². The second kappa shape index (κ2) is 7.81. The summed E-state index contributed by atoms with van der Waals surface area (Å²) in [6, 6.07) is 8.16. The molecule has 1 aromatic rings. The van der Waals surface area contributed by atoms with Gasteiger partial charge in [0.05, 0.1) is 6.61 Å². The van der Waals surface area contributed by atoms with E-state index in [0.717, 1.165) is 18.7 Å². The first kappa shape index (κ1) is 13.7. The van der Waals surface area contributed by atoms with Gasteiger partial charge in [0.15, 0.2) is 0 Å². The molecule has 94 valence electrons. The number of carboxylic acid groups (broad SMARTS) is 1. The van der Waals surface area contributed by atoms with Crippen LogP contribution in [0.25, 0.3) is 0 Å². The molecule has 4 nitrogen and oxygen atoms in total. The normalized spacial score (nSPS) is 10.4. The summed E-state index contributed by atoms with van der Waals surface area (Å²) in [4.78, 5) is 10.3. The zero-order valence-corrected chi connectivity index (χ0v) is 10.1. The topological polar surface area (TPSA) is 58.6 Å². The van der Waals surface area contributed by atoms with Crippen LogP contribution < -0.4 is 5.32 Å². The van der Waals surface area contributed by atoms with E-state index in [9.17, 15) is 4.79 Å². The first-order chi connectivity index (χ1) is 8.22. The molecule has 0 aliphatic heterocycles. The predicted molar refractivity (Wildman–Crippen MR) is 65.7 cm³/mol. The highest BCUT2D eigenvalue weighted by atomic mass is 16.5. The zero-order valence-electron chi connectivity index (χ0n) is 10.1. The number of rotatable bonds is 8. The minimum Gasteiger partial charge on any atom is -0.481 e. The van der Waals surface area contributed by atoms with Crippen molar-refractivity contribution in [1.82, 2.24) is 5.32 Å². The van der Waals surface area contributed by atoms with Crippen LogP contribution in [0.4, 0.5) is 0 Å². The standard InChI is InChI=1S/C13H19NO3/c1-17-10-12-5-2-4-11(8-12)9-14-7-3-6-13(15)16/h2,4-5,8,14H,3,6-7,9-10H2,1H3,(H,15,16). The molecule has 0 fully saturated rings. The molecule has 0 radical (unpaired) electrons. The van der Waals surface area contributed by atoms with Gasteiger partial charge in [-0.2, -0.15) is 0 Å². The lowest BCUT2D eigenvalue weighted by Gasteiger charge is -2.06. The van der Waals surface area contributed by atoms with Crippen molar-refractivity contribution in [3.8, 4) is 0 Å². The number of hydrogen-bond acceptors (Lipinski definition) is 3. The molecule has 0 unspecified atom stereocenters. The summed E-state index contributed by atoms with van der Waals surface area (Å²) in [6.45, 7) is 2.10. The van der Waals surface area contributed by atoms with Crippen LogP contribution in [0.1, 0.15) is 24.0 Å². The fraction of sp³-hybridized carbons (Fsp3) is 0.462. The van der Waals surface area contributed by atoms with Crippen molar-refractivity contribution in [3.63, 3.8) is 0 Å². The van der Waals surface area contributed by atoms with Gasteiger partial charge in [-0.3, -0.25) is 4.79 Å². The van der Waals surface area contributed by atoms with Crippen molar-refractivity contribution < 1.29 is 14.6 Å². The van der Waals surface area contributed by atoms with E-state index in [1.165, 1.54) is 5.56 Å². The SMILES string of the molecule is COCc1cccc(CNCCCC(=O)O)c1. The number of methoxy groups -OCH3 is 1. The zero-order chi connectivity index (χ0) is 12.5. The fourth-order valence-corrected chi connectivity index (χ4v) is 1.59. The van der Waals surface area contributed by atoms with Crippen LogP contribution in [0.5, 0.6) is 0 Å². The maximum atomic E-state index is 10.3. The Morgan fingerprint density at radius 2 is 2.18 bits per heavy atom. The second-order valence-electron chi connectivity index (χ2n) is 3.93. The number of benzene rings is 1. The molecule has 0 spiro atoms. The van der Waals surface area contributed by atoms with E-state index in [2.05, 4.69) is 11.4 Å². The highest BCUT2D eigenvalue weighted by Crippen LogP contribution is 2.06. The Balaban J connectivity index is 2.26. The largest absolute Gasteiger partial charge is 0.481 e. The first-order valence-corrected chi connectivity index (χ1v) is 5.71. The lowest BCUT2D eigenvalue weighted by Crippen LogP contribution is -2.15. The maximum Gasteiger partial charge on any atom is 0.303 e. The summed E-state index contributed by atoms with van der Waals surface area (Å²) in [6.07, 6.45) is 0.879. The quantitative estimate of drug-likeness (QED) is 0.677. The van der Waals surface area contributed by atoms with E-state index in [4.69, 9.17) is 9.84 Å². The van der Waals surface area contributed by atoms with Gasteiger partial charge in [-0.1, -0.05) is 24.3 Å². The summed E-state index contributed by atoms with van der Waals surface area (Å²) in [7, 11) is 1.68. The van der Waals surface area contributed by atoms with Crippen LogP contribution in [0.3, 0.4) is 0 Å². The van der Waals surface area contributed by atoms with Gasteiger partial charge in [0, 0.05) is 20.1 Å². The van der Waals surface area contributed by atoms with Gasteiger partial charge >= 0.3 is 5.97 Å². The third kappa shape index (κ3) is 6.04. The van der Waals surface area contributed by atoms with E-state index in [1.54, 1.807) is 7.11 Å². The summed E-state index contributed by atoms with van der Waals surface area (Å²) >= 11 is 0. The molecule has 0 atom stereocenters. The van der Waals surface area contributed by atoms with E-state index >= 15 is 0 Å². The third-order valence-electron chi connectivity index (χ3n) is 2.38. The Labute approximate surface area is 102 Å². The van der Waals surface area contributed by atoms with Crippen LogP contribution in [0.2, 0.25) is 0 Å². The summed E-state index contributed by atoms with van der Waals surface area (Å²) in [5.74, 6) is -0.742. The number of aliphatic carboxylic acids is 1. The van der Waals surface area contributed by atoms with E-state index < -0.39 is 5.97 Å². The molecule has 0 saturated heterocycles. The van der Waals surface area contributed by atoms with Crippen molar-refractivity contribution in [1.29, 1.82) is 0 Å². The van der Waals surface area contributed by atoms with Gasteiger partial charge in [-0.25, -0.2) is 0 Å². The number of carbonyl (C=O) groups is 1. The Kier molecular flexibility index (Phi) is 6.29. The van der Waals surface area contributed by atoms with Gasteiger partial charge in [0.1, 0.15) is 0 Å². The number of hydrogen-bond donors (Lipinski definition) is 2. The smallest absolute Gasteiger partial charge is 0.303 e. The highest BCUT2D eigenvalue weighted by molar-refractivity contribution is 5.66.